The molecule has 0 fully saturated rings. The molecule has 1 unspecified atom stereocenters. The Morgan fingerprint density at radius 3 is 1.06 bits per heavy atom. The van der Waals surface area contributed by atoms with Gasteiger partial charge in [0, 0.05) is 19.3 Å². The van der Waals surface area contributed by atoms with E-state index in [2.05, 4.69) is 118 Å². The molecule has 358 valence electrons. The number of hydrogen-bond acceptors (Lipinski definition) is 6. The second kappa shape index (κ2) is 51.0. The van der Waals surface area contributed by atoms with Gasteiger partial charge in [-0.25, -0.2) is 0 Å². The van der Waals surface area contributed by atoms with Crippen LogP contribution in [0, 0.1) is 0 Å². The van der Waals surface area contributed by atoms with E-state index in [-0.39, 0.29) is 37.5 Å². The molecule has 1 atom stereocenters. The highest BCUT2D eigenvalue weighted by molar-refractivity contribution is 5.71. The topological polar surface area (TPSA) is 78.9 Å². The maximum atomic E-state index is 12.8. The van der Waals surface area contributed by atoms with Crippen LogP contribution in [0.5, 0.6) is 0 Å². The first-order chi connectivity index (χ1) is 31.0. The summed E-state index contributed by atoms with van der Waals surface area (Å²) in [6.45, 7) is 6.34. The minimum Gasteiger partial charge on any atom is -0.462 e. The second-order valence-electron chi connectivity index (χ2n) is 16.7. The zero-order chi connectivity index (χ0) is 45.8. The van der Waals surface area contributed by atoms with Gasteiger partial charge in [-0.05, 0) is 109 Å². The minimum atomic E-state index is -0.811. The van der Waals surface area contributed by atoms with E-state index in [9.17, 15) is 14.4 Å². The van der Waals surface area contributed by atoms with Gasteiger partial charge in [0.25, 0.3) is 0 Å². The molecule has 63 heavy (non-hydrogen) atoms. The Balaban J connectivity index is 4.51. The van der Waals surface area contributed by atoms with Gasteiger partial charge < -0.3 is 14.2 Å². The maximum Gasteiger partial charge on any atom is 0.306 e. The fourth-order valence-electron chi connectivity index (χ4n) is 6.74. The number of allylic oxidation sites excluding steroid dienone is 16. The zero-order valence-corrected chi connectivity index (χ0v) is 40.8. The largest absolute Gasteiger partial charge is 0.462 e. The highest BCUT2D eigenvalue weighted by Crippen LogP contribution is 2.13. The van der Waals surface area contributed by atoms with Crippen molar-refractivity contribution in [2.45, 2.75) is 232 Å². The highest BCUT2D eigenvalue weighted by atomic mass is 16.6. The van der Waals surface area contributed by atoms with E-state index >= 15 is 0 Å². The summed E-state index contributed by atoms with van der Waals surface area (Å²) in [7, 11) is 0. The first-order valence-electron chi connectivity index (χ1n) is 25.7. The van der Waals surface area contributed by atoms with E-state index in [1.165, 1.54) is 70.6 Å². The van der Waals surface area contributed by atoms with E-state index < -0.39 is 6.10 Å². The Hall–Kier alpha value is -3.67. The third-order valence-electron chi connectivity index (χ3n) is 10.6. The lowest BCUT2D eigenvalue weighted by Crippen LogP contribution is -2.30. The van der Waals surface area contributed by atoms with Crippen LogP contribution < -0.4 is 0 Å². The number of esters is 3. The summed E-state index contributed by atoms with van der Waals surface area (Å²) in [6, 6.07) is 0. The van der Waals surface area contributed by atoms with Gasteiger partial charge in [-0.15, -0.1) is 0 Å². The van der Waals surface area contributed by atoms with Gasteiger partial charge in [0.05, 0.1) is 0 Å². The van der Waals surface area contributed by atoms with Gasteiger partial charge in [0.2, 0.25) is 0 Å². The summed E-state index contributed by atoms with van der Waals surface area (Å²) in [5, 5.41) is 0. The number of hydrogen-bond donors (Lipinski definition) is 0. The Labute approximate surface area is 387 Å². The fourth-order valence-corrected chi connectivity index (χ4v) is 6.74. The number of ether oxygens (including phenoxy) is 3. The van der Waals surface area contributed by atoms with Crippen molar-refractivity contribution in [3.63, 3.8) is 0 Å². The summed E-state index contributed by atoms with van der Waals surface area (Å²) in [5.74, 6) is -0.994. The van der Waals surface area contributed by atoms with Crippen LogP contribution >= 0.6 is 0 Å². The summed E-state index contributed by atoms with van der Waals surface area (Å²) in [5.41, 5.74) is 0. The minimum absolute atomic E-state index is 0.107. The van der Waals surface area contributed by atoms with Crippen molar-refractivity contribution in [3.05, 3.63) is 97.2 Å². The lowest BCUT2D eigenvalue weighted by molar-refractivity contribution is -0.167. The molecule has 0 radical (unpaired) electrons. The highest BCUT2D eigenvalue weighted by Gasteiger charge is 2.19. The standard InChI is InChI=1S/C57H94O6/c1-4-7-10-13-16-19-22-25-28-29-30-33-35-38-41-44-47-50-56(59)62-53-54(63-57(60)51-48-45-42-39-36-32-27-24-21-18-15-12-9-6-3)52-61-55(58)49-46-43-40-37-34-31-26-23-20-17-14-11-8-5-2/h7,9-10,12,16,18-19,21,25,28,30-31,33-34,38,41,54H,4-6,8,11,13-15,17,20,22-24,26-27,29,32,35-37,39-40,42-53H2,1-3H3/b10-7-,12-9-,19-16-,21-18-,28-25-,33-30-,34-31-,41-38-. The first kappa shape index (κ1) is 59.3. The van der Waals surface area contributed by atoms with Crippen LogP contribution in [0.1, 0.15) is 226 Å². The number of carbonyl (C=O) groups is 3. The molecule has 0 aromatic heterocycles. The molecule has 0 heterocycles. The Morgan fingerprint density at radius 1 is 0.333 bits per heavy atom. The molecule has 0 saturated heterocycles. The van der Waals surface area contributed by atoms with Gasteiger partial charge in [-0.1, -0.05) is 195 Å². The monoisotopic (exact) mass is 875 g/mol. The molecule has 0 rings (SSSR count). The maximum absolute atomic E-state index is 12.8. The molecule has 0 aliphatic heterocycles. The third-order valence-corrected chi connectivity index (χ3v) is 10.6. The van der Waals surface area contributed by atoms with Crippen molar-refractivity contribution >= 4 is 17.9 Å². The van der Waals surface area contributed by atoms with Crippen molar-refractivity contribution < 1.29 is 28.6 Å². The first-order valence-corrected chi connectivity index (χ1v) is 25.7. The van der Waals surface area contributed by atoms with Crippen LogP contribution in [0.4, 0.5) is 0 Å². The molecule has 0 aromatic carbocycles. The summed E-state index contributed by atoms with van der Waals surface area (Å²) < 4.78 is 16.7. The third kappa shape index (κ3) is 49.2. The normalized spacial score (nSPS) is 12.9. The average molecular weight is 875 g/mol. The van der Waals surface area contributed by atoms with Crippen molar-refractivity contribution in [3.8, 4) is 0 Å². The second-order valence-corrected chi connectivity index (χ2v) is 16.7. The number of unbranched alkanes of at least 4 members (excludes halogenated alkanes) is 18. The van der Waals surface area contributed by atoms with Crippen LogP contribution in [0.15, 0.2) is 97.2 Å². The van der Waals surface area contributed by atoms with Crippen molar-refractivity contribution in [1.29, 1.82) is 0 Å². The lowest BCUT2D eigenvalue weighted by atomic mass is 10.1. The Morgan fingerprint density at radius 2 is 0.635 bits per heavy atom. The van der Waals surface area contributed by atoms with Crippen molar-refractivity contribution in [2.24, 2.45) is 0 Å². The van der Waals surface area contributed by atoms with E-state index in [0.29, 0.717) is 19.3 Å². The Bertz CT molecular complexity index is 1280. The summed E-state index contributed by atoms with van der Waals surface area (Å²) in [4.78, 5) is 38.0. The van der Waals surface area contributed by atoms with Crippen LogP contribution in [0.2, 0.25) is 0 Å². The molecule has 0 saturated carbocycles. The molecule has 6 nitrogen and oxygen atoms in total. The summed E-state index contributed by atoms with van der Waals surface area (Å²) in [6.07, 6.45) is 66.8. The van der Waals surface area contributed by atoms with Crippen molar-refractivity contribution in [2.75, 3.05) is 13.2 Å². The number of carbonyl (C=O) groups excluding carboxylic acids is 3. The van der Waals surface area contributed by atoms with Crippen LogP contribution in [-0.2, 0) is 28.6 Å². The van der Waals surface area contributed by atoms with Crippen LogP contribution in [0.25, 0.3) is 0 Å². The fraction of sp³-hybridized carbons (Fsp3) is 0.667. The van der Waals surface area contributed by atoms with Gasteiger partial charge in [-0.2, -0.15) is 0 Å². The molecule has 0 amide bonds. The van der Waals surface area contributed by atoms with Crippen LogP contribution in [0.3, 0.4) is 0 Å². The molecular weight excluding hydrogens is 781 g/mol. The molecular formula is C57H94O6. The van der Waals surface area contributed by atoms with E-state index in [0.717, 1.165) is 109 Å². The summed E-state index contributed by atoms with van der Waals surface area (Å²) >= 11 is 0. The van der Waals surface area contributed by atoms with E-state index in [1.807, 2.05) is 0 Å². The van der Waals surface area contributed by atoms with Gasteiger partial charge in [0.15, 0.2) is 6.10 Å². The zero-order valence-electron chi connectivity index (χ0n) is 40.8. The predicted molar refractivity (Wildman–Crippen MR) is 270 cm³/mol. The molecule has 0 bridgehead atoms. The van der Waals surface area contributed by atoms with E-state index in [1.54, 1.807) is 0 Å². The lowest BCUT2D eigenvalue weighted by Gasteiger charge is -2.18. The van der Waals surface area contributed by atoms with E-state index in [4.69, 9.17) is 14.2 Å². The van der Waals surface area contributed by atoms with Crippen LogP contribution in [-0.4, -0.2) is 37.2 Å². The molecule has 0 aliphatic rings. The van der Waals surface area contributed by atoms with Crippen molar-refractivity contribution in [1.82, 2.24) is 0 Å². The molecule has 0 aromatic rings. The van der Waals surface area contributed by atoms with Gasteiger partial charge in [-0.3, -0.25) is 14.4 Å². The molecule has 0 aliphatic carbocycles. The average Bonchev–Trinajstić information content (AvgIpc) is 3.28. The number of rotatable bonds is 45. The molecule has 0 spiro atoms. The van der Waals surface area contributed by atoms with Gasteiger partial charge >= 0.3 is 17.9 Å². The predicted octanol–water partition coefficient (Wildman–Crippen LogP) is 17.0. The Kier molecular flexibility index (Phi) is 48.0. The molecule has 0 N–H and O–H groups in total. The molecule has 6 heteroatoms. The quantitative estimate of drug-likeness (QED) is 0.0262. The smallest absolute Gasteiger partial charge is 0.306 e. The van der Waals surface area contributed by atoms with Gasteiger partial charge in [0.1, 0.15) is 13.2 Å². The SMILES string of the molecule is CC/C=C\C/C=C\C/C=C\C/C=C\C/C=C\CCCC(=O)OCC(COC(=O)CCCCC/C=C\CCCCCCCCC)OC(=O)CCCCCCCCC/C=C\C/C=C\CC.